The van der Waals surface area contributed by atoms with Gasteiger partial charge in [-0.25, -0.2) is 0 Å². The van der Waals surface area contributed by atoms with Crippen LogP contribution in [-0.2, 0) is 20.6 Å². The van der Waals surface area contributed by atoms with Crippen molar-refractivity contribution in [3.63, 3.8) is 0 Å². The minimum atomic E-state index is -0.383. The van der Waals surface area contributed by atoms with Gasteiger partial charge >= 0.3 is 159 Å². The van der Waals surface area contributed by atoms with Crippen LogP contribution in [-0.4, -0.2) is 49.4 Å². The summed E-state index contributed by atoms with van der Waals surface area (Å²) < 4.78 is 5.86. The van der Waals surface area contributed by atoms with Crippen molar-refractivity contribution in [1.82, 2.24) is 5.32 Å². The summed E-state index contributed by atoms with van der Waals surface area (Å²) in [7, 11) is 2.04. The van der Waals surface area contributed by atoms with Crippen LogP contribution in [0.2, 0.25) is 0 Å². The van der Waals surface area contributed by atoms with E-state index in [9.17, 15) is 5.11 Å². The Hall–Kier alpha value is 1.04. The standard InChI is InChI=1S/C28H48NO2.C2H6.Cu.Ga/c1-18(17-29-4)7-12-28(31)15-19-13-24-22-6-5-20-14-21(30)8-10-26(20,2)23(22)9-11-27(24,3)25(19)16-28;1-2;;/h18-25,29,31H,5-17H2,1-4H3;1-2H3;;/q-1;;;+1. The molecule has 5 rings (SSSR count). The van der Waals surface area contributed by atoms with Gasteiger partial charge in [-0.3, -0.25) is 0 Å². The molecule has 5 aliphatic carbocycles. The van der Waals surface area contributed by atoms with Gasteiger partial charge in [-0.05, 0) is 32.4 Å². The maximum atomic E-state index is 11.6. The molecule has 0 saturated heterocycles. The van der Waals surface area contributed by atoms with Gasteiger partial charge in [-0.15, -0.1) is 0 Å². The Labute approximate surface area is 238 Å². The molecule has 5 aliphatic rings. The first-order valence-corrected chi connectivity index (χ1v) is 15.9. The van der Waals surface area contributed by atoms with Crippen molar-refractivity contribution >= 4 is 19.0 Å². The van der Waals surface area contributed by atoms with Crippen molar-refractivity contribution in [3.05, 3.63) is 0 Å². The molecule has 3 nitrogen and oxygen atoms in total. The number of rotatable bonds is 6. The largest absolute Gasteiger partial charge is 0 e. The van der Waals surface area contributed by atoms with Gasteiger partial charge < -0.3 is 10.4 Å². The maximum Gasteiger partial charge on any atom is 0 e. The molecule has 0 aliphatic heterocycles. The molecule has 5 saturated carbocycles. The minimum absolute atomic E-state index is 0. The predicted molar refractivity (Wildman–Crippen MR) is 143 cm³/mol. The van der Waals surface area contributed by atoms with E-state index in [4.69, 9.17) is 3.53 Å². The summed E-state index contributed by atoms with van der Waals surface area (Å²) in [6, 6.07) is 0. The normalized spacial score (nSPS) is 48.8. The van der Waals surface area contributed by atoms with Gasteiger partial charge in [0.1, 0.15) is 0 Å². The van der Waals surface area contributed by atoms with E-state index < -0.39 is 0 Å². The van der Waals surface area contributed by atoms with E-state index >= 15 is 0 Å². The Morgan fingerprint density at radius 1 is 0.971 bits per heavy atom. The monoisotopic (exact) mass is 592 g/mol. The summed E-state index contributed by atoms with van der Waals surface area (Å²) >= 11 is 1.46. The molecule has 0 aromatic rings. The van der Waals surface area contributed by atoms with E-state index in [0.29, 0.717) is 22.9 Å². The third-order valence-corrected chi connectivity index (χ3v) is 12.9. The summed E-state index contributed by atoms with van der Waals surface area (Å²) in [5.74, 6) is 5.93. The molecular formula is C30H54CuGaNO2. The van der Waals surface area contributed by atoms with Crippen molar-refractivity contribution in [1.29, 1.82) is 0 Å². The van der Waals surface area contributed by atoms with Gasteiger partial charge in [0.2, 0.25) is 0 Å². The molecule has 205 valence electrons. The average Bonchev–Trinajstić information content (AvgIpc) is 3.30. The second kappa shape index (κ2) is 12.1. The molecule has 2 N–H and O–H groups in total. The zero-order chi connectivity index (χ0) is 24.7. The molecule has 0 aromatic heterocycles. The molecule has 0 bridgehead atoms. The van der Waals surface area contributed by atoms with E-state index in [0.717, 1.165) is 67.7 Å². The van der Waals surface area contributed by atoms with Gasteiger partial charge in [0.15, 0.2) is 0 Å². The van der Waals surface area contributed by atoms with E-state index in [-0.39, 0.29) is 22.7 Å². The molecule has 0 amide bonds. The predicted octanol–water partition coefficient (Wildman–Crippen LogP) is 6.52. The molecular weight excluding hydrogens is 540 g/mol. The summed E-state index contributed by atoms with van der Waals surface area (Å²) in [5, 5.41) is 14.9. The van der Waals surface area contributed by atoms with Crippen LogP contribution in [0.15, 0.2) is 0 Å². The van der Waals surface area contributed by atoms with E-state index in [2.05, 4.69) is 26.1 Å². The molecule has 0 aromatic carbocycles. The fourth-order valence-electron chi connectivity index (χ4n) is 10.4. The zero-order valence-corrected chi connectivity index (χ0v) is 26.9. The van der Waals surface area contributed by atoms with Crippen molar-refractivity contribution in [2.45, 2.75) is 123 Å². The van der Waals surface area contributed by atoms with Crippen molar-refractivity contribution in [2.24, 2.45) is 52.3 Å². The van der Waals surface area contributed by atoms with Crippen molar-refractivity contribution in [2.75, 3.05) is 13.6 Å². The van der Waals surface area contributed by atoms with Gasteiger partial charge in [0.05, 0.1) is 0 Å². The topological polar surface area (TPSA) is 41.5 Å². The van der Waals surface area contributed by atoms with Crippen LogP contribution < -0.4 is 5.32 Å². The minimum Gasteiger partial charge on any atom is 0 e. The smallest absolute Gasteiger partial charge is 0 e. The molecule has 0 heterocycles. The molecule has 35 heavy (non-hydrogen) atoms. The third kappa shape index (κ3) is 5.55. The SMILES string of the molecule is CC.CNCC(C)CCC1(O)CC2CC3C4CCC5CC([O][Ga])CCC5(C)C4CCC3(C)C2C1.[Cu]. The second-order valence-electron chi connectivity index (χ2n) is 13.7. The fourth-order valence-corrected chi connectivity index (χ4v) is 10.9. The number of hydrogen-bond donors (Lipinski definition) is 2. The summed E-state index contributed by atoms with van der Waals surface area (Å²) in [6.07, 6.45) is 16.1. The van der Waals surface area contributed by atoms with E-state index in [1.54, 1.807) is 0 Å². The Bertz CT molecular complexity index is 695. The summed E-state index contributed by atoms with van der Waals surface area (Å²) in [5.41, 5.74) is 0.669. The Morgan fingerprint density at radius 2 is 1.69 bits per heavy atom. The summed E-state index contributed by atoms with van der Waals surface area (Å²) in [6.45, 7) is 12.7. The van der Waals surface area contributed by atoms with Gasteiger partial charge in [-0.2, -0.15) is 0 Å². The molecule has 3 radical (unpaired) electrons. The average molecular weight is 594 g/mol. The van der Waals surface area contributed by atoms with E-state index in [1.807, 2.05) is 20.9 Å². The van der Waals surface area contributed by atoms with Crippen LogP contribution in [0, 0.1) is 52.3 Å². The van der Waals surface area contributed by atoms with Crippen LogP contribution >= 0.6 is 0 Å². The maximum absolute atomic E-state index is 11.6. The van der Waals surface area contributed by atoms with Crippen molar-refractivity contribution in [3.8, 4) is 0 Å². The molecule has 5 fully saturated rings. The molecule has 11 atom stereocenters. The Kier molecular flexibility index (Phi) is 10.5. The Balaban J connectivity index is 0.00000111. The van der Waals surface area contributed by atoms with Crippen LogP contribution in [0.1, 0.15) is 112 Å². The van der Waals surface area contributed by atoms with Gasteiger partial charge in [-0.1, -0.05) is 20.8 Å². The first-order chi connectivity index (χ1) is 16.2. The number of aliphatic hydroxyl groups is 1. The number of nitrogens with one attached hydrogen (secondary N) is 1. The van der Waals surface area contributed by atoms with Crippen molar-refractivity contribution < 1.29 is 25.7 Å². The van der Waals surface area contributed by atoms with Crippen LogP contribution in [0.5, 0.6) is 0 Å². The Morgan fingerprint density at radius 3 is 2.37 bits per heavy atom. The van der Waals surface area contributed by atoms with Gasteiger partial charge in [0.25, 0.3) is 0 Å². The van der Waals surface area contributed by atoms with Gasteiger partial charge in [0, 0.05) is 17.1 Å². The second-order valence-corrected chi connectivity index (χ2v) is 14.2. The molecule has 11 unspecified atom stereocenters. The first-order valence-electron chi connectivity index (χ1n) is 14.9. The quantitative estimate of drug-likeness (QED) is 0.345. The number of fused-ring (bicyclic) bond motifs is 7. The van der Waals surface area contributed by atoms with Crippen LogP contribution in [0.25, 0.3) is 0 Å². The third-order valence-electron chi connectivity index (χ3n) is 12.1. The first kappa shape index (κ1) is 30.6. The molecule has 0 spiro atoms. The zero-order valence-electron chi connectivity index (χ0n) is 23.5. The van der Waals surface area contributed by atoms with E-state index in [1.165, 1.54) is 70.3 Å². The fraction of sp³-hybridized carbons (Fsp3) is 1.00. The molecule has 5 heteroatoms. The van der Waals surface area contributed by atoms with Crippen LogP contribution in [0.4, 0.5) is 0 Å². The van der Waals surface area contributed by atoms with Crippen LogP contribution in [0.3, 0.4) is 0 Å². The number of hydrogen-bond acceptors (Lipinski definition) is 3. The summed E-state index contributed by atoms with van der Waals surface area (Å²) in [4.78, 5) is 0.